The zero-order valence-electron chi connectivity index (χ0n) is 15.5. The van der Waals surface area contributed by atoms with E-state index in [2.05, 4.69) is 0 Å². The lowest BCUT2D eigenvalue weighted by atomic mass is 10.0. The van der Waals surface area contributed by atoms with E-state index in [-0.39, 0.29) is 5.56 Å². The molecule has 4 aromatic rings. The van der Waals surface area contributed by atoms with Crippen molar-refractivity contribution in [3.05, 3.63) is 94.4 Å². The van der Waals surface area contributed by atoms with E-state index in [1.54, 1.807) is 24.3 Å². The Hall–Kier alpha value is -3.16. The minimum atomic E-state index is -4.48. The minimum absolute atomic E-state index is 0.175. The van der Waals surface area contributed by atoms with Gasteiger partial charge in [0.2, 0.25) is 5.91 Å². The summed E-state index contributed by atoms with van der Waals surface area (Å²) < 4.78 is 39.9. The van der Waals surface area contributed by atoms with Gasteiger partial charge in [-0.2, -0.15) is 13.2 Å². The third-order valence-corrected chi connectivity index (χ3v) is 6.06. The molecule has 3 nitrogen and oxygen atoms in total. The lowest BCUT2D eigenvalue weighted by Crippen LogP contribution is -2.10. The van der Waals surface area contributed by atoms with E-state index < -0.39 is 23.8 Å². The summed E-state index contributed by atoms with van der Waals surface area (Å²) in [5, 5.41) is 11.6. The van der Waals surface area contributed by atoms with E-state index in [4.69, 9.17) is 5.73 Å². The number of aliphatic hydroxyl groups is 1. The summed E-state index contributed by atoms with van der Waals surface area (Å²) in [6.07, 6.45) is -5.66. The minimum Gasteiger partial charge on any atom is -0.383 e. The van der Waals surface area contributed by atoms with Gasteiger partial charge in [0, 0.05) is 15.1 Å². The molecule has 7 heteroatoms. The molecule has 0 saturated carbocycles. The highest BCUT2D eigenvalue weighted by Crippen LogP contribution is 2.39. The number of benzene rings is 3. The fraction of sp³-hybridized carbons (Fsp3) is 0.0870. The molecule has 152 valence electrons. The molecule has 1 unspecified atom stereocenters. The summed E-state index contributed by atoms with van der Waals surface area (Å²) in [6.45, 7) is 0. The van der Waals surface area contributed by atoms with Crippen molar-refractivity contribution < 1.29 is 23.1 Å². The Kier molecular flexibility index (Phi) is 5.09. The number of halogens is 3. The molecule has 0 aliphatic carbocycles. The average molecular weight is 427 g/mol. The maximum absolute atomic E-state index is 13.0. The number of hydrogen-bond donors (Lipinski definition) is 2. The molecule has 30 heavy (non-hydrogen) atoms. The Morgan fingerprint density at radius 1 is 0.967 bits per heavy atom. The van der Waals surface area contributed by atoms with Crippen LogP contribution in [0.4, 0.5) is 13.2 Å². The molecule has 1 aromatic heterocycles. The second-order valence-corrected chi connectivity index (χ2v) is 7.93. The number of hydrogen-bond acceptors (Lipinski definition) is 3. The number of nitrogens with two attached hydrogens (primary N) is 1. The van der Waals surface area contributed by atoms with E-state index in [1.165, 1.54) is 23.5 Å². The molecule has 0 spiro atoms. The van der Waals surface area contributed by atoms with Crippen LogP contribution in [0.5, 0.6) is 0 Å². The van der Waals surface area contributed by atoms with Gasteiger partial charge in [-0.3, -0.25) is 4.79 Å². The van der Waals surface area contributed by atoms with Crippen LogP contribution in [0.15, 0.2) is 72.8 Å². The maximum Gasteiger partial charge on any atom is 0.416 e. The topological polar surface area (TPSA) is 63.3 Å². The van der Waals surface area contributed by atoms with Gasteiger partial charge in [0.05, 0.1) is 5.56 Å². The molecule has 3 aromatic carbocycles. The van der Waals surface area contributed by atoms with Crippen LogP contribution in [-0.4, -0.2) is 11.0 Å². The highest BCUT2D eigenvalue weighted by Gasteiger charge is 2.31. The van der Waals surface area contributed by atoms with E-state index >= 15 is 0 Å². The van der Waals surface area contributed by atoms with E-state index in [0.717, 1.165) is 33.3 Å². The Morgan fingerprint density at radius 2 is 1.70 bits per heavy atom. The first-order valence-electron chi connectivity index (χ1n) is 9.02. The standard InChI is InChI=1S/C23H16F3NO2S/c24-23(25,26)17-8-2-5-14(11-17)20(28)19-12-15-6-3-9-18(21(15)30-19)13-4-1-7-16(10-13)22(27)29/h1-12,20,28H,(H2,27,29). The van der Waals surface area contributed by atoms with Crippen LogP contribution in [0.3, 0.4) is 0 Å². The van der Waals surface area contributed by atoms with Gasteiger partial charge < -0.3 is 10.8 Å². The van der Waals surface area contributed by atoms with Gasteiger partial charge >= 0.3 is 6.18 Å². The molecule has 1 atom stereocenters. The first-order chi connectivity index (χ1) is 14.2. The van der Waals surface area contributed by atoms with Gasteiger partial charge in [-0.05, 0) is 52.4 Å². The third kappa shape index (κ3) is 3.81. The number of rotatable bonds is 4. The number of alkyl halides is 3. The van der Waals surface area contributed by atoms with Crippen LogP contribution in [0.2, 0.25) is 0 Å². The maximum atomic E-state index is 13.0. The van der Waals surface area contributed by atoms with Crippen molar-refractivity contribution in [3.63, 3.8) is 0 Å². The van der Waals surface area contributed by atoms with Gasteiger partial charge in [-0.1, -0.05) is 42.5 Å². The fourth-order valence-corrected chi connectivity index (χ4v) is 4.54. The number of carbonyl (C=O) groups is 1. The van der Waals surface area contributed by atoms with Gasteiger partial charge in [-0.15, -0.1) is 11.3 Å². The molecular formula is C23H16F3NO2S. The SMILES string of the molecule is NC(=O)c1cccc(-c2cccc3cc(C(O)c4cccc(C(F)(F)F)c4)sc23)c1. The molecule has 1 heterocycles. The number of thiophene rings is 1. The summed E-state index contributed by atoms with van der Waals surface area (Å²) in [5.74, 6) is -0.532. The summed E-state index contributed by atoms with van der Waals surface area (Å²) in [6, 6.07) is 19.0. The Bertz CT molecular complexity index is 1250. The number of aliphatic hydroxyl groups excluding tert-OH is 1. The number of amides is 1. The zero-order valence-corrected chi connectivity index (χ0v) is 16.3. The lowest BCUT2D eigenvalue weighted by Gasteiger charge is -2.12. The monoisotopic (exact) mass is 427 g/mol. The van der Waals surface area contributed by atoms with Crippen molar-refractivity contribution >= 4 is 27.3 Å². The highest BCUT2D eigenvalue weighted by molar-refractivity contribution is 7.19. The third-order valence-electron chi connectivity index (χ3n) is 4.82. The van der Waals surface area contributed by atoms with Gasteiger partial charge in [0.15, 0.2) is 0 Å². The van der Waals surface area contributed by atoms with Crippen molar-refractivity contribution in [1.82, 2.24) is 0 Å². The molecule has 0 fully saturated rings. The molecule has 0 saturated heterocycles. The molecule has 0 bridgehead atoms. The first-order valence-corrected chi connectivity index (χ1v) is 9.83. The smallest absolute Gasteiger partial charge is 0.383 e. The largest absolute Gasteiger partial charge is 0.416 e. The summed E-state index contributed by atoms with van der Waals surface area (Å²) in [4.78, 5) is 12.0. The van der Waals surface area contributed by atoms with Gasteiger partial charge in [-0.25, -0.2) is 0 Å². The van der Waals surface area contributed by atoms with Crippen LogP contribution in [0.25, 0.3) is 21.2 Å². The van der Waals surface area contributed by atoms with Crippen molar-refractivity contribution in [3.8, 4) is 11.1 Å². The van der Waals surface area contributed by atoms with E-state index in [1.807, 2.05) is 24.3 Å². The summed E-state index contributed by atoms with van der Waals surface area (Å²) >= 11 is 1.30. The molecule has 0 aliphatic rings. The quantitative estimate of drug-likeness (QED) is 0.434. The van der Waals surface area contributed by atoms with Crippen molar-refractivity contribution in [1.29, 1.82) is 0 Å². The van der Waals surface area contributed by atoms with Crippen LogP contribution >= 0.6 is 11.3 Å². The van der Waals surface area contributed by atoms with Gasteiger partial charge in [0.1, 0.15) is 6.10 Å². The predicted octanol–water partition coefficient (Wildman–Crippen LogP) is 5.77. The van der Waals surface area contributed by atoms with Crippen LogP contribution in [-0.2, 0) is 6.18 Å². The number of fused-ring (bicyclic) bond motifs is 1. The normalized spacial score (nSPS) is 12.8. The number of carbonyl (C=O) groups excluding carboxylic acids is 1. The number of primary amides is 1. The molecule has 4 rings (SSSR count). The highest BCUT2D eigenvalue weighted by atomic mass is 32.1. The van der Waals surface area contributed by atoms with E-state index in [9.17, 15) is 23.1 Å². The molecule has 1 amide bonds. The van der Waals surface area contributed by atoms with Crippen molar-refractivity contribution in [2.45, 2.75) is 12.3 Å². The molecule has 0 aliphatic heterocycles. The first kappa shape index (κ1) is 20.1. The Labute approximate surface area is 174 Å². The second-order valence-electron chi connectivity index (χ2n) is 6.84. The second kappa shape index (κ2) is 7.59. The molecular weight excluding hydrogens is 411 g/mol. The molecule has 3 N–H and O–H groups in total. The van der Waals surface area contributed by atoms with Gasteiger partial charge in [0.25, 0.3) is 0 Å². The van der Waals surface area contributed by atoms with Crippen LogP contribution in [0, 0.1) is 0 Å². The summed E-state index contributed by atoms with van der Waals surface area (Å²) in [5.41, 5.74) is 6.77. The van der Waals surface area contributed by atoms with E-state index in [0.29, 0.717) is 10.4 Å². The average Bonchev–Trinajstić information content (AvgIpc) is 3.17. The lowest BCUT2D eigenvalue weighted by molar-refractivity contribution is -0.137. The fourth-order valence-electron chi connectivity index (χ4n) is 3.33. The predicted molar refractivity (Wildman–Crippen MR) is 111 cm³/mol. The van der Waals surface area contributed by atoms with Crippen molar-refractivity contribution in [2.75, 3.05) is 0 Å². The van der Waals surface area contributed by atoms with Crippen molar-refractivity contribution in [2.24, 2.45) is 5.73 Å². The zero-order chi connectivity index (χ0) is 21.5. The van der Waals surface area contributed by atoms with Crippen LogP contribution in [0.1, 0.15) is 32.5 Å². The van der Waals surface area contributed by atoms with Crippen LogP contribution < -0.4 is 5.73 Å². The Balaban J connectivity index is 1.77. The molecule has 0 radical (unpaired) electrons. The summed E-state index contributed by atoms with van der Waals surface area (Å²) in [7, 11) is 0. The Morgan fingerprint density at radius 3 is 2.43 bits per heavy atom.